The Morgan fingerprint density at radius 1 is 1.40 bits per heavy atom. The minimum Gasteiger partial charge on any atom is -0.377 e. The molecule has 0 fully saturated rings. The summed E-state index contributed by atoms with van der Waals surface area (Å²) in [6.45, 7) is 5.31. The van der Waals surface area contributed by atoms with Gasteiger partial charge in [-0.05, 0) is 37.2 Å². The first-order valence-corrected chi connectivity index (χ1v) is 6.05. The molecule has 0 aliphatic heterocycles. The molecule has 0 bridgehead atoms. The van der Waals surface area contributed by atoms with Gasteiger partial charge in [0.25, 0.3) is 0 Å². The first kappa shape index (κ1) is 12.5. The van der Waals surface area contributed by atoms with E-state index in [1.165, 1.54) is 11.3 Å². The van der Waals surface area contributed by atoms with Crippen LogP contribution in [0.25, 0.3) is 0 Å². The van der Waals surface area contributed by atoms with Crippen molar-refractivity contribution in [1.29, 1.82) is 0 Å². The maximum Gasteiger partial charge on any atom is 0.0410 e. The second kappa shape index (κ2) is 5.52. The summed E-state index contributed by atoms with van der Waals surface area (Å²) in [6.07, 6.45) is 0. The first-order valence-electron chi connectivity index (χ1n) is 5.26. The molecule has 1 atom stereocenters. The molecule has 15 heavy (non-hydrogen) atoms. The Morgan fingerprint density at radius 2 is 2.07 bits per heavy atom. The first-order chi connectivity index (χ1) is 7.06. The quantitative estimate of drug-likeness (QED) is 0.904. The molecule has 0 saturated carbocycles. The molecule has 1 rings (SSSR count). The largest absolute Gasteiger partial charge is 0.377 e. The normalized spacial score (nSPS) is 12.6. The lowest BCUT2D eigenvalue weighted by Gasteiger charge is -2.22. The summed E-state index contributed by atoms with van der Waals surface area (Å²) in [7, 11) is 4.15. The summed E-state index contributed by atoms with van der Waals surface area (Å²) in [5.74, 6) is 0. The van der Waals surface area contributed by atoms with Crippen molar-refractivity contribution in [2.75, 3.05) is 25.5 Å². The molecule has 84 valence electrons. The third-order valence-electron chi connectivity index (χ3n) is 2.45. The second-order valence-electron chi connectivity index (χ2n) is 3.88. The van der Waals surface area contributed by atoms with Gasteiger partial charge in [-0.1, -0.05) is 22.9 Å². The van der Waals surface area contributed by atoms with Crippen LogP contribution in [-0.2, 0) is 0 Å². The highest BCUT2D eigenvalue weighted by atomic mass is 79.9. The van der Waals surface area contributed by atoms with Crippen LogP contribution in [0.1, 0.15) is 25.5 Å². The van der Waals surface area contributed by atoms with Gasteiger partial charge in [0, 0.05) is 30.3 Å². The van der Waals surface area contributed by atoms with Gasteiger partial charge in [0.05, 0.1) is 0 Å². The summed E-state index contributed by atoms with van der Waals surface area (Å²) >= 11 is 3.52. The van der Waals surface area contributed by atoms with E-state index in [0.717, 1.165) is 11.0 Å². The van der Waals surface area contributed by atoms with Crippen molar-refractivity contribution in [2.45, 2.75) is 19.9 Å². The average molecular weight is 271 g/mol. The molecule has 0 spiro atoms. The summed E-state index contributed by atoms with van der Waals surface area (Å²) in [5, 5.41) is 3.44. The van der Waals surface area contributed by atoms with Crippen molar-refractivity contribution in [2.24, 2.45) is 0 Å². The van der Waals surface area contributed by atoms with Gasteiger partial charge in [0.15, 0.2) is 0 Å². The molecule has 1 unspecified atom stereocenters. The number of rotatable bonds is 4. The standard InChI is InChI=1S/C12H19BrN2/c1-5-14-9(2)11-8-10(13)6-7-12(11)15(3)4/h6-9,14H,5H2,1-4H3. The Labute approximate surface area is 101 Å². The fraction of sp³-hybridized carbons (Fsp3) is 0.500. The lowest BCUT2D eigenvalue weighted by molar-refractivity contribution is 0.597. The van der Waals surface area contributed by atoms with Crippen LogP contribution in [0, 0.1) is 0 Å². The average Bonchev–Trinajstić information content (AvgIpc) is 2.17. The van der Waals surface area contributed by atoms with Crippen LogP contribution in [-0.4, -0.2) is 20.6 Å². The summed E-state index contributed by atoms with van der Waals surface area (Å²) in [6, 6.07) is 6.79. The smallest absolute Gasteiger partial charge is 0.0410 e. The number of halogens is 1. The zero-order valence-electron chi connectivity index (χ0n) is 9.84. The highest BCUT2D eigenvalue weighted by Crippen LogP contribution is 2.28. The van der Waals surface area contributed by atoms with Crippen LogP contribution in [0.3, 0.4) is 0 Å². The SMILES string of the molecule is CCNC(C)c1cc(Br)ccc1N(C)C. The van der Waals surface area contributed by atoms with Gasteiger partial charge < -0.3 is 10.2 Å². The molecule has 0 radical (unpaired) electrons. The number of benzene rings is 1. The molecular weight excluding hydrogens is 252 g/mol. The molecule has 1 aromatic carbocycles. The molecule has 0 aliphatic rings. The molecule has 0 heterocycles. The van der Waals surface area contributed by atoms with Gasteiger partial charge in [-0.15, -0.1) is 0 Å². The van der Waals surface area contributed by atoms with Crippen LogP contribution < -0.4 is 10.2 Å². The minimum absolute atomic E-state index is 0.380. The van der Waals surface area contributed by atoms with E-state index in [4.69, 9.17) is 0 Å². The van der Waals surface area contributed by atoms with Crippen LogP contribution >= 0.6 is 15.9 Å². The van der Waals surface area contributed by atoms with E-state index in [1.807, 2.05) is 0 Å². The van der Waals surface area contributed by atoms with E-state index < -0.39 is 0 Å². The number of hydrogen-bond acceptors (Lipinski definition) is 2. The predicted molar refractivity (Wildman–Crippen MR) is 70.6 cm³/mol. The third-order valence-corrected chi connectivity index (χ3v) is 2.94. The van der Waals surface area contributed by atoms with Crippen LogP contribution in [0.4, 0.5) is 5.69 Å². The zero-order chi connectivity index (χ0) is 11.4. The molecule has 1 N–H and O–H groups in total. The second-order valence-corrected chi connectivity index (χ2v) is 4.79. The van der Waals surface area contributed by atoms with E-state index in [1.54, 1.807) is 0 Å². The highest BCUT2D eigenvalue weighted by molar-refractivity contribution is 9.10. The summed E-state index contributed by atoms with van der Waals surface area (Å²) in [4.78, 5) is 2.15. The molecule has 0 aliphatic carbocycles. The van der Waals surface area contributed by atoms with Gasteiger partial charge in [-0.3, -0.25) is 0 Å². The summed E-state index contributed by atoms with van der Waals surface area (Å²) in [5.41, 5.74) is 2.60. The van der Waals surface area contributed by atoms with Gasteiger partial charge >= 0.3 is 0 Å². The van der Waals surface area contributed by atoms with Crippen LogP contribution in [0.5, 0.6) is 0 Å². The molecule has 1 aromatic rings. The van der Waals surface area contributed by atoms with Crippen molar-refractivity contribution in [3.63, 3.8) is 0 Å². The van der Waals surface area contributed by atoms with Gasteiger partial charge in [0.2, 0.25) is 0 Å². The van der Waals surface area contributed by atoms with Gasteiger partial charge in [-0.25, -0.2) is 0 Å². The van der Waals surface area contributed by atoms with Crippen molar-refractivity contribution in [3.05, 3.63) is 28.2 Å². The summed E-state index contributed by atoms with van der Waals surface area (Å²) < 4.78 is 1.13. The molecular formula is C12H19BrN2. The van der Waals surface area contributed by atoms with Crippen molar-refractivity contribution < 1.29 is 0 Å². The van der Waals surface area contributed by atoms with E-state index in [9.17, 15) is 0 Å². The van der Waals surface area contributed by atoms with Crippen LogP contribution in [0.2, 0.25) is 0 Å². The van der Waals surface area contributed by atoms with Gasteiger partial charge in [0.1, 0.15) is 0 Å². The lowest BCUT2D eigenvalue weighted by atomic mass is 10.1. The maximum absolute atomic E-state index is 3.52. The maximum atomic E-state index is 3.52. The van der Waals surface area contributed by atoms with Crippen molar-refractivity contribution in [1.82, 2.24) is 5.32 Å². The van der Waals surface area contributed by atoms with Crippen LogP contribution in [0.15, 0.2) is 22.7 Å². The van der Waals surface area contributed by atoms with E-state index in [-0.39, 0.29) is 0 Å². The van der Waals surface area contributed by atoms with E-state index in [0.29, 0.717) is 6.04 Å². The Balaban J connectivity index is 3.06. The Morgan fingerprint density at radius 3 is 2.60 bits per heavy atom. The Kier molecular flexibility index (Phi) is 4.61. The molecule has 0 amide bonds. The molecule has 0 aromatic heterocycles. The van der Waals surface area contributed by atoms with Crippen molar-refractivity contribution >= 4 is 21.6 Å². The number of nitrogens with zero attached hydrogens (tertiary/aromatic N) is 1. The van der Waals surface area contributed by atoms with Gasteiger partial charge in [-0.2, -0.15) is 0 Å². The van der Waals surface area contributed by atoms with Crippen molar-refractivity contribution in [3.8, 4) is 0 Å². The number of anilines is 1. The third kappa shape index (κ3) is 3.21. The lowest BCUT2D eigenvalue weighted by Crippen LogP contribution is -2.21. The topological polar surface area (TPSA) is 15.3 Å². The van der Waals surface area contributed by atoms with E-state index >= 15 is 0 Å². The fourth-order valence-corrected chi connectivity index (χ4v) is 2.07. The monoisotopic (exact) mass is 270 g/mol. The number of nitrogens with one attached hydrogen (secondary N) is 1. The predicted octanol–water partition coefficient (Wildman–Crippen LogP) is 3.19. The molecule has 0 saturated heterocycles. The minimum atomic E-state index is 0.380. The Bertz CT molecular complexity index is 323. The number of hydrogen-bond donors (Lipinski definition) is 1. The highest BCUT2D eigenvalue weighted by Gasteiger charge is 2.11. The molecule has 2 nitrogen and oxygen atoms in total. The fourth-order valence-electron chi connectivity index (χ4n) is 1.70. The molecule has 3 heteroatoms. The zero-order valence-corrected chi connectivity index (χ0v) is 11.4. The van der Waals surface area contributed by atoms with E-state index in [2.05, 4.69) is 72.3 Å². The Hall–Kier alpha value is -0.540.